The quantitative estimate of drug-likeness (QED) is 0.553. The standard InChI is InChI=1S/C25H30F3N3O3/c1-18-6-2-3-11-30(18)12-5-13-31(16-19-9-10-22-23(14-19)34-17-33-22)24(32)29-21-8-4-7-20(15-21)25(26,27)28/h4,7-10,14-15,18H,2-3,5-6,11-13,16-17H2,1H3,(H,29,32). The van der Waals surface area contributed by atoms with Crippen molar-refractivity contribution in [3.63, 3.8) is 0 Å². The molecule has 184 valence electrons. The molecule has 0 aromatic heterocycles. The minimum atomic E-state index is -4.47. The van der Waals surface area contributed by atoms with Crippen LogP contribution in [0.1, 0.15) is 43.7 Å². The molecule has 0 aliphatic carbocycles. The van der Waals surface area contributed by atoms with E-state index in [1.807, 2.05) is 12.1 Å². The molecule has 1 N–H and O–H groups in total. The maximum absolute atomic E-state index is 13.1. The summed E-state index contributed by atoms with van der Waals surface area (Å²) in [4.78, 5) is 17.2. The number of nitrogens with zero attached hydrogens (tertiary/aromatic N) is 2. The number of hydrogen-bond acceptors (Lipinski definition) is 4. The summed E-state index contributed by atoms with van der Waals surface area (Å²) in [6.07, 6.45) is -0.103. The lowest BCUT2D eigenvalue weighted by molar-refractivity contribution is -0.137. The molecule has 9 heteroatoms. The van der Waals surface area contributed by atoms with Gasteiger partial charge in [-0.05, 0) is 68.6 Å². The number of hydrogen-bond donors (Lipinski definition) is 1. The molecule has 1 atom stereocenters. The molecule has 1 fully saturated rings. The van der Waals surface area contributed by atoms with Crippen molar-refractivity contribution in [2.45, 2.75) is 51.4 Å². The summed E-state index contributed by atoms with van der Waals surface area (Å²) in [7, 11) is 0. The van der Waals surface area contributed by atoms with E-state index in [0.29, 0.717) is 30.6 Å². The zero-order valence-electron chi connectivity index (χ0n) is 19.2. The topological polar surface area (TPSA) is 54.0 Å². The highest BCUT2D eigenvalue weighted by Crippen LogP contribution is 2.33. The first-order chi connectivity index (χ1) is 16.3. The van der Waals surface area contributed by atoms with Crippen molar-refractivity contribution < 1.29 is 27.4 Å². The predicted molar refractivity (Wildman–Crippen MR) is 123 cm³/mol. The minimum absolute atomic E-state index is 0.111. The van der Waals surface area contributed by atoms with Gasteiger partial charge in [0.25, 0.3) is 0 Å². The Labute approximate surface area is 197 Å². The summed E-state index contributed by atoms with van der Waals surface area (Å²) >= 11 is 0. The molecule has 34 heavy (non-hydrogen) atoms. The Balaban J connectivity index is 1.45. The number of likely N-dealkylation sites (tertiary alicyclic amines) is 1. The van der Waals surface area contributed by atoms with E-state index in [1.165, 1.54) is 31.4 Å². The number of benzene rings is 2. The fourth-order valence-corrected chi connectivity index (χ4v) is 4.44. The monoisotopic (exact) mass is 477 g/mol. The molecule has 2 aromatic rings. The summed E-state index contributed by atoms with van der Waals surface area (Å²) < 4.78 is 50.0. The molecule has 6 nitrogen and oxygen atoms in total. The molecule has 4 rings (SSSR count). The third kappa shape index (κ3) is 6.14. The summed E-state index contributed by atoms with van der Waals surface area (Å²) in [5, 5.41) is 2.64. The van der Waals surface area contributed by atoms with Gasteiger partial charge in [-0.3, -0.25) is 0 Å². The molecule has 2 aliphatic heterocycles. The molecule has 0 bridgehead atoms. The van der Waals surface area contributed by atoms with Gasteiger partial charge in [-0.1, -0.05) is 18.6 Å². The largest absolute Gasteiger partial charge is 0.454 e. The van der Waals surface area contributed by atoms with Gasteiger partial charge in [-0.2, -0.15) is 13.2 Å². The molecule has 2 heterocycles. The number of carbonyl (C=O) groups is 1. The normalized spacial score (nSPS) is 18.1. The number of halogens is 3. The number of fused-ring (bicyclic) bond motifs is 1. The molecule has 0 saturated carbocycles. The van der Waals surface area contributed by atoms with E-state index in [-0.39, 0.29) is 12.5 Å². The van der Waals surface area contributed by atoms with Crippen molar-refractivity contribution in [1.29, 1.82) is 0 Å². The zero-order valence-corrected chi connectivity index (χ0v) is 19.2. The number of ether oxygens (including phenoxy) is 2. The number of piperidine rings is 1. The molecule has 1 saturated heterocycles. The number of carbonyl (C=O) groups excluding carboxylic acids is 1. The van der Waals surface area contributed by atoms with Crippen molar-refractivity contribution >= 4 is 11.7 Å². The van der Waals surface area contributed by atoms with E-state index in [4.69, 9.17) is 9.47 Å². The first kappa shape index (κ1) is 24.2. The predicted octanol–water partition coefficient (Wildman–Crippen LogP) is 5.73. The number of amides is 2. The van der Waals surface area contributed by atoms with Gasteiger partial charge in [0.15, 0.2) is 11.5 Å². The van der Waals surface area contributed by atoms with Gasteiger partial charge in [-0.15, -0.1) is 0 Å². The van der Waals surface area contributed by atoms with Crippen LogP contribution in [0.5, 0.6) is 11.5 Å². The van der Waals surface area contributed by atoms with Crippen LogP contribution in [0.25, 0.3) is 0 Å². The van der Waals surface area contributed by atoms with Crippen LogP contribution in [0.2, 0.25) is 0 Å². The fourth-order valence-electron chi connectivity index (χ4n) is 4.44. The van der Waals surface area contributed by atoms with Crippen LogP contribution in [0.4, 0.5) is 23.7 Å². The average molecular weight is 478 g/mol. The summed E-state index contributed by atoms with van der Waals surface area (Å²) in [5.41, 5.74) is 0.168. The van der Waals surface area contributed by atoms with Gasteiger partial charge in [0.1, 0.15) is 0 Å². The van der Waals surface area contributed by atoms with Crippen LogP contribution in [0, 0.1) is 0 Å². The van der Waals surface area contributed by atoms with Crippen LogP contribution in [0.3, 0.4) is 0 Å². The lowest BCUT2D eigenvalue weighted by Gasteiger charge is -2.34. The molecule has 1 unspecified atom stereocenters. The van der Waals surface area contributed by atoms with E-state index in [1.54, 1.807) is 11.0 Å². The third-order valence-corrected chi connectivity index (χ3v) is 6.35. The summed E-state index contributed by atoms with van der Waals surface area (Å²) in [6.45, 7) is 5.09. The highest BCUT2D eigenvalue weighted by atomic mass is 19.4. The lowest BCUT2D eigenvalue weighted by Crippen LogP contribution is -2.40. The highest BCUT2D eigenvalue weighted by Gasteiger charge is 2.30. The Morgan fingerprint density at radius 2 is 1.97 bits per heavy atom. The van der Waals surface area contributed by atoms with Crippen LogP contribution in [-0.2, 0) is 12.7 Å². The van der Waals surface area contributed by atoms with Gasteiger partial charge in [0.05, 0.1) is 5.56 Å². The van der Waals surface area contributed by atoms with Crippen LogP contribution in [-0.4, -0.2) is 48.3 Å². The summed E-state index contributed by atoms with van der Waals surface area (Å²) in [5.74, 6) is 1.28. The Kier molecular flexibility index (Phi) is 7.50. The second kappa shape index (κ2) is 10.5. The second-order valence-electron chi connectivity index (χ2n) is 8.85. The highest BCUT2D eigenvalue weighted by molar-refractivity contribution is 5.89. The zero-order chi connectivity index (χ0) is 24.1. The third-order valence-electron chi connectivity index (χ3n) is 6.35. The molecule has 0 radical (unpaired) electrons. The Hall–Kier alpha value is -2.94. The average Bonchev–Trinajstić information content (AvgIpc) is 3.27. The van der Waals surface area contributed by atoms with Crippen molar-refractivity contribution in [1.82, 2.24) is 9.80 Å². The number of anilines is 1. The first-order valence-electron chi connectivity index (χ1n) is 11.7. The smallest absolute Gasteiger partial charge is 0.416 e. The molecular formula is C25H30F3N3O3. The van der Waals surface area contributed by atoms with E-state index in [9.17, 15) is 18.0 Å². The van der Waals surface area contributed by atoms with Crippen LogP contribution >= 0.6 is 0 Å². The minimum Gasteiger partial charge on any atom is -0.454 e. The molecular weight excluding hydrogens is 447 g/mol. The van der Waals surface area contributed by atoms with E-state index in [2.05, 4.69) is 17.1 Å². The van der Waals surface area contributed by atoms with Crippen molar-refractivity contribution in [3.05, 3.63) is 53.6 Å². The number of nitrogens with one attached hydrogen (secondary N) is 1. The Morgan fingerprint density at radius 1 is 1.15 bits per heavy atom. The SMILES string of the molecule is CC1CCCCN1CCCN(Cc1ccc2c(c1)OCO2)C(=O)Nc1cccc(C(F)(F)F)c1. The summed E-state index contributed by atoms with van der Waals surface area (Å²) in [6, 6.07) is 10.3. The Bertz CT molecular complexity index is 999. The molecule has 2 aliphatic rings. The Morgan fingerprint density at radius 3 is 2.76 bits per heavy atom. The number of urea groups is 1. The molecule has 0 spiro atoms. The van der Waals surface area contributed by atoms with E-state index in [0.717, 1.165) is 37.2 Å². The van der Waals surface area contributed by atoms with Crippen molar-refractivity contribution in [2.24, 2.45) is 0 Å². The molecule has 2 aromatic carbocycles. The lowest BCUT2D eigenvalue weighted by atomic mass is 10.0. The second-order valence-corrected chi connectivity index (χ2v) is 8.85. The van der Waals surface area contributed by atoms with Gasteiger partial charge < -0.3 is 24.6 Å². The number of alkyl halides is 3. The van der Waals surface area contributed by atoms with Crippen molar-refractivity contribution in [3.8, 4) is 11.5 Å². The van der Waals surface area contributed by atoms with Gasteiger partial charge in [0.2, 0.25) is 6.79 Å². The van der Waals surface area contributed by atoms with E-state index < -0.39 is 17.8 Å². The van der Waals surface area contributed by atoms with Crippen molar-refractivity contribution in [2.75, 3.05) is 31.7 Å². The van der Waals surface area contributed by atoms with Crippen LogP contribution < -0.4 is 14.8 Å². The van der Waals surface area contributed by atoms with Gasteiger partial charge in [-0.25, -0.2) is 4.79 Å². The first-order valence-corrected chi connectivity index (χ1v) is 11.7. The van der Waals surface area contributed by atoms with Gasteiger partial charge >= 0.3 is 12.2 Å². The van der Waals surface area contributed by atoms with Gasteiger partial charge in [0, 0.05) is 31.4 Å². The van der Waals surface area contributed by atoms with E-state index >= 15 is 0 Å². The maximum atomic E-state index is 13.1. The van der Waals surface area contributed by atoms with Crippen LogP contribution in [0.15, 0.2) is 42.5 Å². The fraction of sp³-hybridized carbons (Fsp3) is 0.480. The molecule has 2 amide bonds. The maximum Gasteiger partial charge on any atom is 0.416 e. The number of rotatable bonds is 7.